The predicted molar refractivity (Wildman–Crippen MR) is 92.0 cm³/mol. The van der Waals surface area contributed by atoms with Crippen LogP contribution in [0.5, 0.6) is 0 Å². The standard InChI is InChI=1S/C19H27FN2O2/c1-15(2)14-19(24)22-11-5-10-21(12-13-22)18(23)9-8-16-6-3-4-7-17(16)20/h3-4,6-7,15H,5,8-14H2,1-2H3. The van der Waals surface area contributed by atoms with Crippen LogP contribution >= 0.6 is 0 Å². The summed E-state index contributed by atoms with van der Waals surface area (Å²) >= 11 is 0. The Hall–Kier alpha value is -1.91. The average molecular weight is 334 g/mol. The van der Waals surface area contributed by atoms with Crippen molar-refractivity contribution in [3.8, 4) is 0 Å². The van der Waals surface area contributed by atoms with Crippen LogP contribution in [-0.2, 0) is 16.0 Å². The van der Waals surface area contributed by atoms with Crippen LogP contribution < -0.4 is 0 Å². The number of halogens is 1. The summed E-state index contributed by atoms with van der Waals surface area (Å²) in [7, 11) is 0. The van der Waals surface area contributed by atoms with Gasteiger partial charge in [-0.3, -0.25) is 9.59 Å². The fraction of sp³-hybridized carbons (Fsp3) is 0.579. The van der Waals surface area contributed by atoms with Gasteiger partial charge in [-0.05, 0) is 30.4 Å². The lowest BCUT2D eigenvalue weighted by Gasteiger charge is -2.23. The summed E-state index contributed by atoms with van der Waals surface area (Å²) in [4.78, 5) is 28.2. The van der Waals surface area contributed by atoms with E-state index in [1.807, 2.05) is 23.6 Å². The van der Waals surface area contributed by atoms with E-state index in [0.717, 1.165) is 6.42 Å². The van der Waals surface area contributed by atoms with Crippen LogP contribution in [0.2, 0.25) is 0 Å². The molecule has 2 amide bonds. The number of amides is 2. The van der Waals surface area contributed by atoms with Crippen molar-refractivity contribution in [1.29, 1.82) is 0 Å². The summed E-state index contributed by atoms with van der Waals surface area (Å²) < 4.78 is 13.6. The molecule has 1 heterocycles. The van der Waals surface area contributed by atoms with E-state index in [9.17, 15) is 14.0 Å². The van der Waals surface area contributed by atoms with Gasteiger partial charge >= 0.3 is 0 Å². The molecule has 0 aliphatic carbocycles. The van der Waals surface area contributed by atoms with Crippen LogP contribution in [0.25, 0.3) is 0 Å². The van der Waals surface area contributed by atoms with Gasteiger partial charge in [0.2, 0.25) is 11.8 Å². The highest BCUT2D eigenvalue weighted by atomic mass is 19.1. The van der Waals surface area contributed by atoms with Gasteiger partial charge in [-0.2, -0.15) is 0 Å². The third-order valence-corrected chi connectivity index (χ3v) is 4.35. The Morgan fingerprint density at radius 3 is 2.29 bits per heavy atom. The Labute approximate surface area is 143 Å². The summed E-state index contributed by atoms with van der Waals surface area (Å²) in [5.74, 6) is 0.299. The molecule has 1 aliphatic rings. The van der Waals surface area contributed by atoms with Crippen molar-refractivity contribution in [3.63, 3.8) is 0 Å². The summed E-state index contributed by atoms with van der Waals surface area (Å²) in [6, 6.07) is 6.58. The van der Waals surface area contributed by atoms with Crippen LogP contribution in [0.4, 0.5) is 4.39 Å². The maximum atomic E-state index is 13.6. The normalized spacial score (nSPS) is 15.5. The molecule has 0 saturated carbocycles. The first kappa shape index (κ1) is 18.4. The van der Waals surface area contributed by atoms with E-state index < -0.39 is 0 Å². The van der Waals surface area contributed by atoms with E-state index in [4.69, 9.17) is 0 Å². The Morgan fingerprint density at radius 2 is 1.67 bits per heavy atom. The molecule has 0 bridgehead atoms. The highest BCUT2D eigenvalue weighted by Gasteiger charge is 2.22. The van der Waals surface area contributed by atoms with E-state index in [1.54, 1.807) is 18.2 Å². The van der Waals surface area contributed by atoms with Crippen molar-refractivity contribution >= 4 is 11.8 Å². The van der Waals surface area contributed by atoms with Gasteiger partial charge in [-0.1, -0.05) is 32.0 Å². The fourth-order valence-electron chi connectivity index (χ4n) is 3.00. The third kappa shape index (κ3) is 5.32. The molecule has 0 spiro atoms. The maximum absolute atomic E-state index is 13.6. The molecule has 24 heavy (non-hydrogen) atoms. The van der Waals surface area contributed by atoms with Crippen LogP contribution in [0.1, 0.15) is 38.7 Å². The molecule has 0 N–H and O–H groups in total. The fourth-order valence-corrected chi connectivity index (χ4v) is 3.00. The van der Waals surface area contributed by atoms with E-state index in [1.165, 1.54) is 6.07 Å². The van der Waals surface area contributed by atoms with Crippen LogP contribution in [-0.4, -0.2) is 47.8 Å². The molecule has 0 aromatic heterocycles. The minimum Gasteiger partial charge on any atom is -0.341 e. The first-order chi connectivity index (χ1) is 11.5. The van der Waals surface area contributed by atoms with Gasteiger partial charge in [-0.15, -0.1) is 0 Å². The molecular weight excluding hydrogens is 307 g/mol. The van der Waals surface area contributed by atoms with Gasteiger partial charge in [0.25, 0.3) is 0 Å². The van der Waals surface area contributed by atoms with Crippen molar-refractivity contribution in [3.05, 3.63) is 35.6 Å². The number of carbonyl (C=O) groups is 2. The topological polar surface area (TPSA) is 40.6 Å². The van der Waals surface area contributed by atoms with Crippen molar-refractivity contribution < 1.29 is 14.0 Å². The average Bonchev–Trinajstić information content (AvgIpc) is 2.79. The Kier molecular flexibility index (Phi) is 6.76. The first-order valence-corrected chi connectivity index (χ1v) is 8.76. The highest BCUT2D eigenvalue weighted by Crippen LogP contribution is 2.12. The van der Waals surface area contributed by atoms with Crippen molar-refractivity contribution in [1.82, 2.24) is 9.80 Å². The lowest BCUT2D eigenvalue weighted by atomic mass is 10.1. The van der Waals surface area contributed by atoms with Gasteiger partial charge in [0.05, 0.1) is 0 Å². The second kappa shape index (κ2) is 8.81. The number of nitrogens with zero attached hydrogens (tertiary/aromatic N) is 2. The number of carbonyl (C=O) groups excluding carboxylic acids is 2. The van der Waals surface area contributed by atoms with Crippen LogP contribution in [0, 0.1) is 11.7 Å². The second-order valence-corrected chi connectivity index (χ2v) is 6.80. The molecule has 1 saturated heterocycles. The largest absolute Gasteiger partial charge is 0.341 e. The van der Waals surface area contributed by atoms with Crippen LogP contribution in [0.15, 0.2) is 24.3 Å². The van der Waals surface area contributed by atoms with Crippen molar-refractivity contribution in [2.45, 2.75) is 39.5 Å². The quantitative estimate of drug-likeness (QED) is 0.831. The minimum absolute atomic E-state index is 0.0383. The number of benzene rings is 1. The molecule has 0 radical (unpaired) electrons. The molecular formula is C19H27FN2O2. The Morgan fingerprint density at radius 1 is 1.04 bits per heavy atom. The molecule has 5 heteroatoms. The molecule has 1 aliphatic heterocycles. The number of hydrogen-bond donors (Lipinski definition) is 0. The highest BCUT2D eigenvalue weighted by molar-refractivity contribution is 5.78. The van der Waals surface area contributed by atoms with E-state index >= 15 is 0 Å². The van der Waals surface area contributed by atoms with E-state index in [2.05, 4.69) is 0 Å². The Balaban J connectivity index is 1.83. The van der Waals surface area contributed by atoms with Gasteiger partial charge in [0.15, 0.2) is 0 Å². The first-order valence-electron chi connectivity index (χ1n) is 8.76. The van der Waals surface area contributed by atoms with E-state index in [0.29, 0.717) is 56.9 Å². The molecule has 1 fully saturated rings. The summed E-state index contributed by atoms with van der Waals surface area (Å²) in [5.41, 5.74) is 0.578. The smallest absolute Gasteiger partial charge is 0.222 e. The molecule has 0 atom stereocenters. The van der Waals surface area contributed by atoms with Gasteiger partial charge in [-0.25, -0.2) is 4.39 Å². The summed E-state index contributed by atoms with van der Waals surface area (Å²) in [5, 5.41) is 0. The lowest BCUT2D eigenvalue weighted by Crippen LogP contribution is -2.37. The zero-order valence-electron chi connectivity index (χ0n) is 14.6. The summed E-state index contributed by atoms with van der Waals surface area (Å²) in [6.07, 6.45) is 2.08. The molecule has 1 aromatic rings. The monoisotopic (exact) mass is 334 g/mol. The van der Waals surface area contributed by atoms with Gasteiger partial charge in [0.1, 0.15) is 5.82 Å². The lowest BCUT2D eigenvalue weighted by molar-refractivity contribution is -0.134. The zero-order valence-corrected chi connectivity index (χ0v) is 14.6. The molecule has 4 nitrogen and oxygen atoms in total. The summed E-state index contributed by atoms with van der Waals surface area (Å²) in [6.45, 7) is 6.61. The second-order valence-electron chi connectivity index (χ2n) is 6.80. The number of hydrogen-bond acceptors (Lipinski definition) is 2. The van der Waals surface area contributed by atoms with Crippen LogP contribution in [0.3, 0.4) is 0 Å². The molecule has 2 rings (SSSR count). The predicted octanol–water partition coefficient (Wildman–Crippen LogP) is 2.87. The Bertz CT molecular complexity index is 574. The molecule has 1 aromatic carbocycles. The van der Waals surface area contributed by atoms with E-state index in [-0.39, 0.29) is 17.6 Å². The minimum atomic E-state index is -0.258. The van der Waals surface area contributed by atoms with Gasteiger partial charge < -0.3 is 9.80 Å². The third-order valence-electron chi connectivity index (χ3n) is 4.35. The zero-order chi connectivity index (χ0) is 17.5. The molecule has 132 valence electrons. The van der Waals surface area contributed by atoms with Crippen molar-refractivity contribution in [2.75, 3.05) is 26.2 Å². The SMILES string of the molecule is CC(C)CC(=O)N1CCCN(C(=O)CCc2ccccc2F)CC1. The number of aryl methyl sites for hydroxylation is 1. The number of rotatable bonds is 5. The van der Waals surface area contributed by atoms with Crippen molar-refractivity contribution in [2.24, 2.45) is 5.92 Å². The molecule has 0 unspecified atom stereocenters. The van der Waals surface area contributed by atoms with Gasteiger partial charge in [0, 0.05) is 39.0 Å². The maximum Gasteiger partial charge on any atom is 0.222 e.